The number of hydrogen-bond acceptors (Lipinski definition) is 1. The van der Waals surface area contributed by atoms with Crippen LogP contribution in [0.25, 0.3) is 22.5 Å². The maximum absolute atomic E-state index is 6.88. The summed E-state index contributed by atoms with van der Waals surface area (Å²) in [4.78, 5) is 0. The van der Waals surface area contributed by atoms with Gasteiger partial charge < -0.3 is 0 Å². The van der Waals surface area contributed by atoms with Crippen molar-refractivity contribution in [1.29, 1.82) is 0 Å². The average molecular weight is 576 g/mol. The summed E-state index contributed by atoms with van der Waals surface area (Å²) >= 11 is 10.9. The average Bonchev–Trinajstić information content (AvgIpc) is 3.33. The van der Waals surface area contributed by atoms with Gasteiger partial charge in [-0.2, -0.15) is 5.10 Å². The summed E-state index contributed by atoms with van der Waals surface area (Å²) in [7, 11) is 0. The summed E-state index contributed by atoms with van der Waals surface area (Å²) in [5.41, 5.74) is 6.20. The second-order valence-corrected chi connectivity index (χ2v) is 10.3. The lowest BCUT2D eigenvalue weighted by Crippen LogP contribution is -2.39. The molecule has 5 aromatic carbocycles. The molecule has 0 saturated carbocycles. The van der Waals surface area contributed by atoms with Crippen molar-refractivity contribution in [2.24, 2.45) is 0 Å². The zero-order valence-corrected chi connectivity index (χ0v) is 22.8. The molecule has 0 bridgehead atoms. The third-order valence-corrected chi connectivity index (χ3v) is 7.98. The molecule has 0 unspecified atom stereocenters. The van der Waals surface area contributed by atoms with Crippen molar-refractivity contribution < 1.29 is 0 Å². The van der Waals surface area contributed by atoms with Crippen LogP contribution in [-0.2, 0) is 5.54 Å². The van der Waals surface area contributed by atoms with Crippen LogP contribution in [0.4, 0.5) is 0 Å². The quantitative estimate of drug-likeness (QED) is 0.181. The minimum Gasteiger partial charge on any atom is -0.243 e. The second kappa shape index (κ2) is 10.4. The van der Waals surface area contributed by atoms with Crippen LogP contribution in [0.5, 0.6) is 0 Å². The van der Waals surface area contributed by atoms with Crippen molar-refractivity contribution >= 4 is 27.5 Å². The van der Waals surface area contributed by atoms with Crippen molar-refractivity contribution in [2.75, 3.05) is 0 Å². The minimum absolute atomic E-state index is 0.664. The van der Waals surface area contributed by atoms with E-state index in [-0.39, 0.29) is 0 Å². The Morgan fingerprint density at radius 2 is 0.974 bits per heavy atom. The highest BCUT2D eigenvalue weighted by Crippen LogP contribution is 2.48. The van der Waals surface area contributed by atoms with E-state index in [9.17, 15) is 0 Å². The molecule has 4 heteroatoms. The second-order valence-electron chi connectivity index (χ2n) is 9.08. The molecule has 1 aromatic heterocycles. The van der Waals surface area contributed by atoms with E-state index in [0.717, 1.165) is 43.7 Å². The number of nitrogens with zero attached hydrogens (tertiary/aromatic N) is 2. The lowest BCUT2D eigenvalue weighted by molar-refractivity contribution is 0.466. The molecule has 0 radical (unpaired) electrons. The number of aromatic nitrogens is 2. The van der Waals surface area contributed by atoms with E-state index in [2.05, 4.69) is 112 Å². The SMILES string of the molecule is Clc1ccccc1-c1c(Br)c(-c2ccccc2)nn1C(c1ccccc1)(c1ccccc1)c1ccccc1. The summed E-state index contributed by atoms with van der Waals surface area (Å²) in [5.74, 6) is 0. The Morgan fingerprint density at radius 3 is 1.45 bits per heavy atom. The van der Waals surface area contributed by atoms with Crippen molar-refractivity contribution in [1.82, 2.24) is 9.78 Å². The molecular formula is C34H24BrClN2. The molecule has 0 N–H and O–H groups in total. The normalized spacial score (nSPS) is 11.4. The lowest BCUT2D eigenvalue weighted by Gasteiger charge is -2.37. The van der Waals surface area contributed by atoms with Gasteiger partial charge in [0.05, 0.1) is 10.2 Å². The predicted octanol–water partition coefficient (Wildman–Crippen LogP) is 9.47. The maximum Gasteiger partial charge on any atom is 0.138 e. The van der Waals surface area contributed by atoms with Crippen LogP contribution in [-0.4, -0.2) is 9.78 Å². The van der Waals surface area contributed by atoms with E-state index in [1.165, 1.54) is 0 Å². The first-order valence-corrected chi connectivity index (χ1v) is 13.6. The highest BCUT2D eigenvalue weighted by molar-refractivity contribution is 9.10. The maximum atomic E-state index is 6.88. The highest BCUT2D eigenvalue weighted by Gasteiger charge is 2.42. The van der Waals surface area contributed by atoms with Gasteiger partial charge in [0.1, 0.15) is 11.2 Å². The van der Waals surface area contributed by atoms with Gasteiger partial charge in [-0.3, -0.25) is 0 Å². The third-order valence-electron chi connectivity index (χ3n) is 6.90. The van der Waals surface area contributed by atoms with Crippen LogP contribution >= 0.6 is 27.5 Å². The van der Waals surface area contributed by atoms with Crippen LogP contribution in [0.3, 0.4) is 0 Å². The van der Waals surface area contributed by atoms with Gasteiger partial charge in [0.25, 0.3) is 0 Å². The summed E-state index contributed by atoms with van der Waals surface area (Å²) < 4.78 is 3.05. The van der Waals surface area contributed by atoms with Gasteiger partial charge in [-0.15, -0.1) is 0 Å². The topological polar surface area (TPSA) is 17.8 Å². The van der Waals surface area contributed by atoms with Crippen molar-refractivity contribution in [2.45, 2.75) is 5.54 Å². The highest BCUT2D eigenvalue weighted by atomic mass is 79.9. The fourth-order valence-electron chi connectivity index (χ4n) is 5.21. The fourth-order valence-corrected chi connectivity index (χ4v) is 6.13. The van der Waals surface area contributed by atoms with E-state index >= 15 is 0 Å². The molecule has 6 rings (SSSR count). The van der Waals surface area contributed by atoms with Gasteiger partial charge in [0, 0.05) is 16.1 Å². The monoisotopic (exact) mass is 574 g/mol. The van der Waals surface area contributed by atoms with Gasteiger partial charge in [0.15, 0.2) is 0 Å². The Balaban J connectivity index is 1.82. The van der Waals surface area contributed by atoms with Gasteiger partial charge in [-0.05, 0) is 38.7 Å². The van der Waals surface area contributed by atoms with Crippen LogP contribution < -0.4 is 0 Å². The van der Waals surface area contributed by atoms with Gasteiger partial charge in [-0.25, -0.2) is 4.68 Å². The predicted molar refractivity (Wildman–Crippen MR) is 160 cm³/mol. The van der Waals surface area contributed by atoms with Gasteiger partial charge in [0.2, 0.25) is 0 Å². The van der Waals surface area contributed by atoms with Crippen LogP contribution in [0.1, 0.15) is 16.7 Å². The zero-order chi connectivity index (χ0) is 26.0. The van der Waals surface area contributed by atoms with Crippen molar-refractivity contribution in [3.05, 3.63) is 172 Å². The Hall–Kier alpha value is -3.92. The first kappa shape index (κ1) is 24.4. The van der Waals surface area contributed by atoms with E-state index in [1.807, 2.05) is 54.6 Å². The molecule has 0 aliphatic rings. The number of halogens is 2. The third kappa shape index (κ3) is 4.09. The van der Waals surface area contributed by atoms with Crippen LogP contribution in [0.15, 0.2) is 150 Å². The minimum atomic E-state index is -0.784. The molecular weight excluding hydrogens is 552 g/mol. The Bertz CT molecular complexity index is 1570. The molecule has 0 fully saturated rings. The van der Waals surface area contributed by atoms with Crippen LogP contribution in [0, 0.1) is 0 Å². The van der Waals surface area contributed by atoms with E-state index < -0.39 is 5.54 Å². The van der Waals surface area contributed by atoms with Crippen LogP contribution in [0.2, 0.25) is 5.02 Å². The van der Waals surface area contributed by atoms with Crippen molar-refractivity contribution in [3.8, 4) is 22.5 Å². The smallest absolute Gasteiger partial charge is 0.138 e. The van der Waals surface area contributed by atoms with E-state index in [0.29, 0.717) is 5.02 Å². The van der Waals surface area contributed by atoms with Crippen molar-refractivity contribution in [3.63, 3.8) is 0 Å². The summed E-state index contributed by atoms with van der Waals surface area (Å²) in [6.45, 7) is 0. The fraction of sp³-hybridized carbons (Fsp3) is 0.0294. The molecule has 0 spiro atoms. The molecule has 38 heavy (non-hydrogen) atoms. The Kier molecular flexibility index (Phi) is 6.71. The molecule has 2 nitrogen and oxygen atoms in total. The molecule has 0 saturated heterocycles. The number of hydrogen-bond donors (Lipinski definition) is 0. The zero-order valence-electron chi connectivity index (χ0n) is 20.5. The first-order chi connectivity index (χ1) is 18.7. The first-order valence-electron chi connectivity index (χ1n) is 12.5. The summed E-state index contributed by atoms with van der Waals surface area (Å²) in [6.07, 6.45) is 0. The largest absolute Gasteiger partial charge is 0.243 e. The number of benzene rings is 5. The lowest BCUT2D eigenvalue weighted by atomic mass is 9.76. The Labute approximate surface area is 236 Å². The molecule has 0 amide bonds. The van der Waals surface area contributed by atoms with E-state index in [4.69, 9.17) is 16.7 Å². The van der Waals surface area contributed by atoms with Gasteiger partial charge in [-0.1, -0.05) is 151 Å². The Morgan fingerprint density at radius 1 is 0.553 bits per heavy atom. The van der Waals surface area contributed by atoms with Gasteiger partial charge >= 0.3 is 0 Å². The summed E-state index contributed by atoms with van der Waals surface area (Å²) in [5, 5.41) is 6.07. The number of rotatable bonds is 6. The standard InChI is InChI=1S/C34H24BrClN2/c35-31-32(25-15-5-1-6-16-25)37-38(33(31)29-23-13-14-24-30(29)36)34(26-17-7-2-8-18-26,27-19-9-3-10-20-27)28-21-11-4-12-22-28/h1-24H. The summed E-state index contributed by atoms with van der Waals surface area (Å²) in [6, 6.07) is 49.9. The molecule has 0 aliphatic carbocycles. The molecule has 0 atom stereocenters. The molecule has 1 heterocycles. The molecule has 0 aliphatic heterocycles. The molecule has 6 aromatic rings. The molecule has 184 valence electrons. The van der Waals surface area contributed by atoms with E-state index in [1.54, 1.807) is 0 Å².